The number of carbonyl (C=O) groups excluding carboxylic acids is 2. The second-order valence-electron chi connectivity index (χ2n) is 7.99. The number of imidazole rings is 1. The highest BCUT2D eigenvalue weighted by Crippen LogP contribution is 2.32. The Morgan fingerprint density at radius 3 is 2.58 bits per heavy atom. The second-order valence-corrected chi connectivity index (χ2v) is 7.99. The van der Waals surface area contributed by atoms with Crippen molar-refractivity contribution in [1.29, 1.82) is 0 Å². The molecule has 0 radical (unpaired) electrons. The number of hydrogen-bond acceptors (Lipinski definition) is 4. The molecule has 4 rings (SSSR count). The average Bonchev–Trinajstić information content (AvgIpc) is 3.23. The Balaban J connectivity index is 1.61. The number of fused-ring (bicyclic) bond motifs is 1. The van der Waals surface area contributed by atoms with Crippen molar-refractivity contribution >= 4 is 11.8 Å². The number of nitrogens with zero attached hydrogens (tertiary/aromatic N) is 4. The first-order chi connectivity index (χ1) is 15.1. The fourth-order valence-electron chi connectivity index (χ4n) is 4.02. The van der Waals surface area contributed by atoms with Gasteiger partial charge in [0.15, 0.2) is 6.04 Å². The lowest BCUT2D eigenvalue weighted by Crippen LogP contribution is -2.48. The van der Waals surface area contributed by atoms with Crippen molar-refractivity contribution in [2.24, 2.45) is 0 Å². The van der Waals surface area contributed by atoms with Crippen molar-refractivity contribution < 1.29 is 9.59 Å². The maximum atomic E-state index is 13.4. The van der Waals surface area contributed by atoms with Crippen molar-refractivity contribution in [3.05, 3.63) is 83.7 Å². The van der Waals surface area contributed by atoms with E-state index in [0.717, 1.165) is 17.0 Å². The topological polar surface area (TPSA) is 80.1 Å². The van der Waals surface area contributed by atoms with Gasteiger partial charge in [-0.05, 0) is 50.1 Å². The predicted molar refractivity (Wildman–Crippen MR) is 117 cm³/mol. The van der Waals surface area contributed by atoms with Gasteiger partial charge in [0, 0.05) is 43.5 Å². The number of carbonyl (C=O) groups is 2. The maximum Gasteiger partial charge on any atom is 0.254 e. The van der Waals surface area contributed by atoms with Gasteiger partial charge in [-0.25, -0.2) is 4.98 Å². The molecule has 7 nitrogen and oxygen atoms in total. The number of aromatic nitrogens is 3. The van der Waals surface area contributed by atoms with E-state index < -0.39 is 6.04 Å². The molecule has 160 valence electrons. The van der Waals surface area contributed by atoms with Gasteiger partial charge >= 0.3 is 0 Å². The standard InChI is InChI=1S/C24H27N5O2/c1-17(2)29-16-27-20-11-15-28(24(31)19-6-4-3-5-7-19)22(21(20)29)23(30)26-14-10-18-8-12-25-13-9-18/h3-9,12-13,16-17,22H,10-11,14-15H2,1-2H3,(H,26,30). The van der Waals surface area contributed by atoms with Gasteiger partial charge in [-0.3, -0.25) is 14.6 Å². The lowest BCUT2D eigenvalue weighted by molar-refractivity contribution is -0.126. The first-order valence-corrected chi connectivity index (χ1v) is 10.6. The summed E-state index contributed by atoms with van der Waals surface area (Å²) in [5, 5.41) is 3.04. The Kier molecular flexibility index (Phi) is 6.11. The minimum Gasteiger partial charge on any atom is -0.354 e. The molecule has 0 saturated heterocycles. The average molecular weight is 418 g/mol. The van der Waals surface area contributed by atoms with Crippen LogP contribution >= 0.6 is 0 Å². The Morgan fingerprint density at radius 1 is 1.13 bits per heavy atom. The second kappa shape index (κ2) is 9.12. The van der Waals surface area contributed by atoms with Crippen molar-refractivity contribution in [2.75, 3.05) is 13.1 Å². The summed E-state index contributed by atoms with van der Waals surface area (Å²) in [6.07, 6.45) is 6.60. The molecule has 1 N–H and O–H groups in total. The highest BCUT2D eigenvalue weighted by Gasteiger charge is 2.39. The number of hydrogen-bond donors (Lipinski definition) is 1. The Hall–Kier alpha value is -3.48. The van der Waals surface area contributed by atoms with E-state index in [1.54, 1.807) is 35.8 Å². The third-order valence-electron chi connectivity index (χ3n) is 5.62. The predicted octanol–water partition coefficient (Wildman–Crippen LogP) is 2.96. The van der Waals surface area contributed by atoms with Crippen LogP contribution in [0.3, 0.4) is 0 Å². The fraction of sp³-hybridized carbons (Fsp3) is 0.333. The molecule has 2 aromatic heterocycles. The van der Waals surface area contributed by atoms with Gasteiger partial charge in [-0.15, -0.1) is 0 Å². The zero-order valence-corrected chi connectivity index (χ0v) is 17.9. The van der Waals surface area contributed by atoms with Gasteiger partial charge in [-0.2, -0.15) is 0 Å². The Bertz CT molecular complexity index is 1050. The van der Waals surface area contributed by atoms with Crippen LogP contribution in [0.25, 0.3) is 0 Å². The summed E-state index contributed by atoms with van der Waals surface area (Å²) in [6.45, 7) is 5.05. The van der Waals surface area contributed by atoms with Crippen molar-refractivity contribution in [3.63, 3.8) is 0 Å². The van der Waals surface area contributed by atoms with Crippen molar-refractivity contribution in [3.8, 4) is 0 Å². The molecule has 3 heterocycles. The lowest BCUT2D eigenvalue weighted by atomic mass is 9.99. The third-order valence-corrected chi connectivity index (χ3v) is 5.62. The normalized spacial score (nSPS) is 15.6. The van der Waals surface area contributed by atoms with Crippen LogP contribution in [0.2, 0.25) is 0 Å². The summed E-state index contributed by atoms with van der Waals surface area (Å²) in [6, 6.07) is 12.4. The first kappa shape index (κ1) is 20.8. The molecule has 0 bridgehead atoms. The minimum absolute atomic E-state index is 0.134. The molecule has 31 heavy (non-hydrogen) atoms. The summed E-state index contributed by atoms with van der Waals surface area (Å²) in [4.78, 5) is 37.0. The number of benzene rings is 1. The molecule has 0 saturated carbocycles. The van der Waals surface area contributed by atoms with Crippen molar-refractivity contribution in [2.45, 2.75) is 38.8 Å². The summed E-state index contributed by atoms with van der Waals surface area (Å²) >= 11 is 0. The summed E-state index contributed by atoms with van der Waals surface area (Å²) in [5.41, 5.74) is 3.38. The van der Waals surface area contributed by atoms with Gasteiger partial charge in [0.1, 0.15) is 0 Å². The van der Waals surface area contributed by atoms with Crippen LogP contribution in [0, 0.1) is 0 Å². The molecule has 3 aromatic rings. The largest absolute Gasteiger partial charge is 0.354 e. The van der Waals surface area contributed by atoms with Crippen LogP contribution < -0.4 is 5.32 Å². The van der Waals surface area contributed by atoms with Crippen molar-refractivity contribution in [1.82, 2.24) is 24.8 Å². The number of rotatable bonds is 6. The fourth-order valence-corrected chi connectivity index (χ4v) is 4.02. The Labute approximate surface area is 182 Å². The van der Waals surface area contributed by atoms with Gasteiger partial charge in [0.2, 0.25) is 5.91 Å². The van der Waals surface area contributed by atoms with E-state index in [1.165, 1.54) is 0 Å². The molecule has 1 atom stereocenters. The van der Waals surface area contributed by atoms with Crippen LogP contribution in [0.15, 0.2) is 61.2 Å². The summed E-state index contributed by atoms with van der Waals surface area (Å²) in [7, 11) is 0. The molecule has 1 unspecified atom stereocenters. The van der Waals surface area contributed by atoms with Crippen LogP contribution in [-0.2, 0) is 17.6 Å². The highest BCUT2D eigenvalue weighted by molar-refractivity contribution is 5.98. The van der Waals surface area contributed by atoms with E-state index in [0.29, 0.717) is 31.5 Å². The van der Waals surface area contributed by atoms with E-state index in [-0.39, 0.29) is 17.9 Å². The maximum absolute atomic E-state index is 13.4. The van der Waals surface area contributed by atoms with Crippen LogP contribution in [0.5, 0.6) is 0 Å². The van der Waals surface area contributed by atoms with Gasteiger partial charge in [-0.1, -0.05) is 18.2 Å². The van der Waals surface area contributed by atoms with Crippen LogP contribution in [0.4, 0.5) is 0 Å². The van der Waals surface area contributed by atoms with E-state index in [4.69, 9.17) is 0 Å². The van der Waals surface area contributed by atoms with Gasteiger partial charge in [0.25, 0.3) is 5.91 Å². The molecule has 0 aliphatic carbocycles. The van der Waals surface area contributed by atoms with Gasteiger partial charge < -0.3 is 14.8 Å². The zero-order valence-electron chi connectivity index (χ0n) is 17.9. The van der Waals surface area contributed by atoms with Crippen LogP contribution in [-0.4, -0.2) is 44.3 Å². The number of pyridine rings is 1. The summed E-state index contributed by atoms with van der Waals surface area (Å²) < 4.78 is 2.01. The number of nitrogens with one attached hydrogen (secondary N) is 1. The molecular formula is C24H27N5O2. The molecule has 0 spiro atoms. The Morgan fingerprint density at radius 2 is 1.87 bits per heavy atom. The highest BCUT2D eigenvalue weighted by atomic mass is 16.2. The summed E-state index contributed by atoms with van der Waals surface area (Å²) in [5.74, 6) is -0.321. The SMILES string of the molecule is CC(C)n1cnc2c1C(C(=O)NCCc1ccncc1)N(C(=O)c1ccccc1)CC2. The molecule has 0 fully saturated rings. The minimum atomic E-state index is -0.709. The van der Waals surface area contributed by atoms with Gasteiger partial charge in [0.05, 0.1) is 17.7 Å². The van der Waals surface area contributed by atoms with E-state index >= 15 is 0 Å². The lowest BCUT2D eigenvalue weighted by Gasteiger charge is -2.36. The molecule has 1 aliphatic heterocycles. The first-order valence-electron chi connectivity index (χ1n) is 10.6. The molecular weight excluding hydrogens is 390 g/mol. The zero-order chi connectivity index (χ0) is 21.8. The van der Waals surface area contributed by atoms with E-state index in [2.05, 4.69) is 29.1 Å². The van der Waals surface area contributed by atoms with Crippen LogP contribution in [0.1, 0.15) is 53.2 Å². The smallest absolute Gasteiger partial charge is 0.254 e. The van der Waals surface area contributed by atoms with E-state index in [1.807, 2.05) is 34.9 Å². The van der Waals surface area contributed by atoms with E-state index in [9.17, 15) is 9.59 Å². The molecule has 1 aromatic carbocycles. The monoisotopic (exact) mass is 417 g/mol. The number of amides is 2. The molecule has 7 heteroatoms. The quantitative estimate of drug-likeness (QED) is 0.669. The molecule has 1 aliphatic rings. The molecule has 2 amide bonds. The third kappa shape index (κ3) is 4.35.